The fourth-order valence-corrected chi connectivity index (χ4v) is 3.26. The Morgan fingerprint density at radius 1 is 1.06 bits per heavy atom. The Labute approximate surface area is 197 Å². The molecular weight excluding hydrogens is 474 g/mol. The third-order valence-corrected chi connectivity index (χ3v) is 5.16. The Balaban J connectivity index is 2.10. The summed E-state index contributed by atoms with van der Waals surface area (Å²) in [7, 11) is 0. The molecule has 0 spiro atoms. The molecule has 1 aromatic heterocycles. The van der Waals surface area contributed by atoms with Crippen molar-refractivity contribution in [3.05, 3.63) is 52.5 Å². The Morgan fingerprint density at radius 2 is 1.74 bits per heavy atom. The van der Waals surface area contributed by atoms with Crippen molar-refractivity contribution in [3.63, 3.8) is 0 Å². The molecule has 0 fully saturated rings. The predicted octanol–water partition coefficient (Wildman–Crippen LogP) is 2.91. The first-order chi connectivity index (χ1) is 16.0. The molecule has 1 N–H and O–H groups in total. The summed E-state index contributed by atoms with van der Waals surface area (Å²) in [4.78, 5) is 59.4. The number of amides is 1. The number of thioether (sulfide) groups is 1. The van der Waals surface area contributed by atoms with Gasteiger partial charge in [-0.2, -0.15) is 0 Å². The average Bonchev–Trinajstić information content (AvgIpc) is 3.07. The van der Waals surface area contributed by atoms with Gasteiger partial charge >= 0.3 is 29.2 Å². The molecule has 34 heavy (non-hydrogen) atoms. The number of hydrogen-bond donors (Lipinski definition) is 1. The highest BCUT2D eigenvalue weighted by atomic mass is 32.2. The van der Waals surface area contributed by atoms with E-state index in [1.807, 2.05) is 0 Å². The molecule has 0 aliphatic rings. The fraction of sp³-hybridized carbons (Fsp3) is 0.381. The Kier molecular flexibility index (Phi) is 9.30. The van der Waals surface area contributed by atoms with Crippen molar-refractivity contribution in [2.24, 2.45) is 0 Å². The van der Waals surface area contributed by atoms with Gasteiger partial charge in [-0.3, -0.25) is 4.79 Å². The van der Waals surface area contributed by atoms with E-state index in [4.69, 9.17) is 23.0 Å². The lowest BCUT2D eigenvalue weighted by molar-refractivity contribution is -0.149. The topological polar surface area (TPSA) is 161 Å². The number of rotatable bonds is 9. The molecule has 0 saturated carbocycles. The molecule has 0 aliphatic carbocycles. The van der Waals surface area contributed by atoms with Crippen LogP contribution in [0.3, 0.4) is 0 Å². The highest BCUT2D eigenvalue weighted by Gasteiger charge is 2.41. The number of esters is 2. The van der Waals surface area contributed by atoms with E-state index in [2.05, 4.69) is 10.1 Å². The summed E-state index contributed by atoms with van der Waals surface area (Å²) < 4.78 is 27.8. The van der Waals surface area contributed by atoms with Gasteiger partial charge in [-0.15, -0.1) is 0 Å². The van der Waals surface area contributed by atoms with Crippen molar-refractivity contribution < 1.29 is 47.0 Å². The van der Waals surface area contributed by atoms with E-state index >= 15 is 0 Å². The number of benzene rings is 1. The quantitative estimate of drug-likeness (QED) is 0.307. The first-order valence-electron chi connectivity index (χ1n) is 9.76. The minimum atomic E-state index is -1.40. The number of aryl methyl sites for hydroxylation is 1. The van der Waals surface area contributed by atoms with Crippen molar-refractivity contribution in [1.82, 2.24) is 5.32 Å². The van der Waals surface area contributed by atoms with E-state index in [-0.39, 0.29) is 23.9 Å². The van der Waals surface area contributed by atoms with E-state index in [9.17, 15) is 24.0 Å². The third-order valence-electron chi connectivity index (χ3n) is 4.11. The average molecular weight is 497 g/mol. The molecule has 0 bridgehead atoms. The monoisotopic (exact) mass is 497 g/mol. The molecule has 1 amide bonds. The minimum Gasteiger partial charge on any atom is -0.449 e. The maximum atomic E-state index is 12.9. The van der Waals surface area contributed by atoms with Crippen LogP contribution in [0.25, 0.3) is 0 Å². The van der Waals surface area contributed by atoms with Gasteiger partial charge < -0.3 is 33.1 Å². The van der Waals surface area contributed by atoms with E-state index in [0.29, 0.717) is 11.8 Å². The second-order valence-corrected chi connectivity index (χ2v) is 8.76. The molecular formula is C21H23NO11S. The van der Waals surface area contributed by atoms with Crippen molar-refractivity contribution in [3.8, 4) is 5.75 Å². The molecule has 1 aromatic carbocycles. The molecule has 0 unspecified atom stereocenters. The SMILES string of the molecule is CC(=O)OCOC(=O)N[C@@H](C(=O)Oc1ccccc1)C(C)(C)SC(=O)OCc1oc(=O)oc1C. The van der Waals surface area contributed by atoms with E-state index in [1.54, 1.807) is 18.2 Å². The van der Waals surface area contributed by atoms with Crippen LogP contribution in [0.2, 0.25) is 0 Å². The van der Waals surface area contributed by atoms with Crippen LogP contribution in [0.15, 0.2) is 44.0 Å². The van der Waals surface area contributed by atoms with Crippen LogP contribution in [-0.4, -0.2) is 40.9 Å². The van der Waals surface area contributed by atoms with Gasteiger partial charge in [0, 0.05) is 6.92 Å². The summed E-state index contributed by atoms with van der Waals surface area (Å²) in [6, 6.07) is 6.67. The smallest absolute Gasteiger partial charge is 0.449 e. The van der Waals surface area contributed by atoms with Gasteiger partial charge in [-0.05, 0) is 44.7 Å². The maximum absolute atomic E-state index is 12.9. The van der Waals surface area contributed by atoms with Gasteiger partial charge in [0.2, 0.25) is 6.79 Å². The second kappa shape index (κ2) is 11.9. The standard InChI is InChI=1S/C21H23NO11S/c1-12-15(33-19(26)31-12)10-28-20(27)34-21(3,4)16(22-18(25)30-11-29-13(2)23)17(24)32-14-8-6-5-7-9-14/h5-9,16H,10-11H2,1-4H3,(H,22,25)/t16-/m0/s1. The van der Waals surface area contributed by atoms with Gasteiger partial charge in [0.1, 0.15) is 11.8 Å². The highest BCUT2D eigenvalue weighted by molar-refractivity contribution is 8.14. The van der Waals surface area contributed by atoms with Crippen LogP contribution in [-0.2, 0) is 30.4 Å². The van der Waals surface area contributed by atoms with Crippen LogP contribution in [0.1, 0.15) is 32.3 Å². The summed E-state index contributed by atoms with van der Waals surface area (Å²) in [5.41, 5.74) is 0. The normalized spacial score (nSPS) is 11.8. The Bertz CT molecular complexity index is 1070. The van der Waals surface area contributed by atoms with Gasteiger partial charge in [-0.25, -0.2) is 19.2 Å². The van der Waals surface area contributed by atoms with Gasteiger partial charge in [0.15, 0.2) is 18.1 Å². The van der Waals surface area contributed by atoms with E-state index < -0.39 is 46.7 Å². The van der Waals surface area contributed by atoms with Crippen molar-refractivity contribution in [1.29, 1.82) is 0 Å². The molecule has 2 rings (SSSR count). The molecule has 2 aromatic rings. The molecule has 12 nitrogen and oxygen atoms in total. The number of para-hydroxylation sites is 1. The Hall–Kier alpha value is -3.74. The number of carbonyl (C=O) groups excluding carboxylic acids is 4. The number of ether oxygens (including phenoxy) is 4. The summed E-state index contributed by atoms with van der Waals surface area (Å²) in [5, 5.41) is 1.48. The maximum Gasteiger partial charge on any atom is 0.519 e. The van der Waals surface area contributed by atoms with Crippen LogP contribution in [0, 0.1) is 6.92 Å². The molecule has 0 aliphatic heterocycles. The Morgan fingerprint density at radius 3 is 2.32 bits per heavy atom. The largest absolute Gasteiger partial charge is 0.519 e. The van der Waals surface area contributed by atoms with Gasteiger partial charge in [0.25, 0.3) is 0 Å². The van der Waals surface area contributed by atoms with Crippen LogP contribution < -0.4 is 15.9 Å². The highest BCUT2D eigenvalue weighted by Crippen LogP contribution is 2.31. The first kappa shape index (κ1) is 26.5. The molecule has 0 saturated heterocycles. The zero-order chi connectivity index (χ0) is 25.3. The molecule has 13 heteroatoms. The lowest BCUT2D eigenvalue weighted by atomic mass is 10.0. The van der Waals surface area contributed by atoms with Gasteiger partial charge in [0.05, 0.1) is 4.75 Å². The summed E-state index contributed by atoms with van der Waals surface area (Å²) >= 11 is 0.583. The van der Waals surface area contributed by atoms with Crippen molar-refractivity contribution in [2.75, 3.05) is 6.79 Å². The zero-order valence-corrected chi connectivity index (χ0v) is 19.6. The second-order valence-electron chi connectivity index (χ2n) is 7.17. The van der Waals surface area contributed by atoms with Crippen molar-refractivity contribution in [2.45, 2.75) is 45.1 Å². The van der Waals surface area contributed by atoms with Crippen molar-refractivity contribution >= 4 is 35.1 Å². The third kappa shape index (κ3) is 8.31. The van der Waals surface area contributed by atoms with Crippen LogP contribution in [0.5, 0.6) is 5.75 Å². The molecule has 0 radical (unpaired) electrons. The number of alkyl carbamates (subject to hydrolysis) is 1. The molecule has 184 valence electrons. The zero-order valence-electron chi connectivity index (χ0n) is 18.8. The van der Waals surface area contributed by atoms with Gasteiger partial charge in [-0.1, -0.05) is 18.2 Å². The summed E-state index contributed by atoms with van der Waals surface area (Å²) in [5.74, 6) is -2.10. The minimum absolute atomic E-state index is 0.0315. The number of hydrogen-bond acceptors (Lipinski definition) is 12. The predicted molar refractivity (Wildman–Crippen MR) is 116 cm³/mol. The summed E-state index contributed by atoms with van der Waals surface area (Å²) in [6.07, 6.45) is -1.09. The number of nitrogens with one attached hydrogen (secondary N) is 1. The number of carbonyl (C=O) groups is 4. The lowest BCUT2D eigenvalue weighted by Gasteiger charge is -2.31. The molecule has 1 heterocycles. The first-order valence-corrected chi connectivity index (χ1v) is 10.6. The lowest BCUT2D eigenvalue weighted by Crippen LogP contribution is -2.54. The molecule has 1 atom stereocenters. The van der Waals surface area contributed by atoms with E-state index in [0.717, 1.165) is 6.92 Å². The summed E-state index contributed by atoms with van der Waals surface area (Å²) in [6.45, 7) is 4.52. The van der Waals surface area contributed by atoms with Crippen LogP contribution in [0.4, 0.5) is 9.59 Å². The van der Waals surface area contributed by atoms with E-state index in [1.165, 1.54) is 32.9 Å². The fourth-order valence-electron chi connectivity index (χ4n) is 2.44. The van der Waals surface area contributed by atoms with Crippen LogP contribution >= 0.6 is 11.8 Å².